The normalized spacial score (nSPS) is 11.0. The number of amides is 1. The van der Waals surface area contributed by atoms with E-state index in [2.05, 4.69) is 15.6 Å². The molecule has 0 saturated heterocycles. The Bertz CT molecular complexity index is 945. The smallest absolute Gasteiger partial charge is 0.267 e. The van der Waals surface area contributed by atoms with Crippen molar-refractivity contribution in [2.75, 3.05) is 0 Å². The van der Waals surface area contributed by atoms with Crippen molar-refractivity contribution in [3.63, 3.8) is 0 Å². The van der Waals surface area contributed by atoms with E-state index in [0.29, 0.717) is 17.1 Å². The predicted molar refractivity (Wildman–Crippen MR) is 104 cm³/mol. The van der Waals surface area contributed by atoms with Crippen LogP contribution in [-0.2, 0) is 6.54 Å². The number of aromatic nitrogens is 2. The van der Waals surface area contributed by atoms with E-state index in [1.807, 2.05) is 54.9 Å². The van der Waals surface area contributed by atoms with Crippen LogP contribution in [0.3, 0.4) is 0 Å². The number of hydrogen-bond acceptors (Lipinski definition) is 3. The molecule has 0 atom stereocenters. The molecule has 26 heavy (non-hydrogen) atoms. The zero-order valence-electron chi connectivity index (χ0n) is 14.6. The van der Waals surface area contributed by atoms with Crippen LogP contribution in [0.2, 0.25) is 5.02 Å². The SMILES string of the molecule is Cc1cc(C)n(Cc2ccc(C(=O)N/N=C/c3ccccc3Cl)cc2)n1. The molecule has 132 valence electrons. The van der Waals surface area contributed by atoms with Crippen LogP contribution in [0.5, 0.6) is 0 Å². The van der Waals surface area contributed by atoms with Gasteiger partial charge in [0.25, 0.3) is 5.91 Å². The summed E-state index contributed by atoms with van der Waals surface area (Å²) in [6.45, 7) is 4.67. The highest BCUT2D eigenvalue weighted by Crippen LogP contribution is 2.12. The Morgan fingerprint density at radius 3 is 2.58 bits per heavy atom. The highest BCUT2D eigenvalue weighted by molar-refractivity contribution is 6.33. The lowest BCUT2D eigenvalue weighted by Crippen LogP contribution is -2.17. The van der Waals surface area contributed by atoms with Crippen molar-refractivity contribution in [2.24, 2.45) is 5.10 Å². The third-order valence-corrected chi connectivity index (χ3v) is 4.27. The number of aryl methyl sites for hydroxylation is 2. The van der Waals surface area contributed by atoms with E-state index in [-0.39, 0.29) is 5.91 Å². The zero-order chi connectivity index (χ0) is 18.5. The number of nitrogens with zero attached hydrogens (tertiary/aromatic N) is 3. The number of rotatable bonds is 5. The van der Waals surface area contributed by atoms with Gasteiger partial charge in [0.1, 0.15) is 0 Å². The van der Waals surface area contributed by atoms with Gasteiger partial charge in [0.2, 0.25) is 0 Å². The minimum atomic E-state index is -0.272. The first-order chi connectivity index (χ1) is 12.5. The van der Waals surface area contributed by atoms with E-state index >= 15 is 0 Å². The number of carbonyl (C=O) groups is 1. The first-order valence-corrected chi connectivity index (χ1v) is 8.58. The average molecular weight is 367 g/mol. The lowest BCUT2D eigenvalue weighted by atomic mass is 10.1. The van der Waals surface area contributed by atoms with Gasteiger partial charge in [-0.2, -0.15) is 10.2 Å². The number of halogens is 1. The maximum absolute atomic E-state index is 12.2. The predicted octanol–water partition coefficient (Wildman–Crippen LogP) is 3.97. The molecule has 1 amide bonds. The largest absolute Gasteiger partial charge is 0.271 e. The molecular weight excluding hydrogens is 348 g/mol. The molecule has 2 aromatic carbocycles. The van der Waals surface area contributed by atoms with Crippen LogP contribution in [0.4, 0.5) is 0 Å². The summed E-state index contributed by atoms with van der Waals surface area (Å²) in [5.74, 6) is -0.272. The summed E-state index contributed by atoms with van der Waals surface area (Å²) in [6.07, 6.45) is 1.53. The van der Waals surface area contributed by atoms with Gasteiger partial charge >= 0.3 is 0 Å². The van der Waals surface area contributed by atoms with Crippen LogP contribution >= 0.6 is 11.6 Å². The van der Waals surface area contributed by atoms with Crippen molar-refractivity contribution in [1.29, 1.82) is 0 Å². The molecule has 0 fully saturated rings. The first kappa shape index (κ1) is 17.9. The summed E-state index contributed by atoms with van der Waals surface area (Å²) >= 11 is 6.04. The highest BCUT2D eigenvalue weighted by Gasteiger charge is 2.06. The number of carbonyl (C=O) groups excluding carboxylic acids is 1. The molecule has 0 saturated carbocycles. The van der Waals surface area contributed by atoms with E-state index < -0.39 is 0 Å². The fourth-order valence-corrected chi connectivity index (χ4v) is 2.76. The van der Waals surface area contributed by atoms with Crippen LogP contribution in [-0.4, -0.2) is 21.9 Å². The highest BCUT2D eigenvalue weighted by atomic mass is 35.5. The molecule has 3 aromatic rings. The molecule has 5 nitrogen and oxygen atoms in total. The molecule has 1 aromatic heterocycles. The summed E-state index contributed by atoms with van der Waals surface area (Å²) in [4.78, 5) is 12.2. The standard InChI is InChI=1S/C20H19ClN4O/c1-14-11-15(2)25(24-14)13-16-7-9-17(10-8-16)20(26)23-22-12-18-5-3-4-6-19(18)21/h3-12H,13H2,1-2H3,(H,23,26)/b22-12+. The molecule has 1 heterocycles. The molecule has 3 rings (SSSR count). The number of hydrogen-bond donors (Lipinski definition) is 1. The minimum absolute atomic E-state index is 0.272. The van der Waals surface area contributed by atoms with E-state index in [4.69, 9.17) is 11.6 Å². The van der Waals surface area contributed by atoms with E-state index in [1.54, 1.807) is 18.2 Å². The summed E-state index contributed by atoms with van der Waals surface area (Å²) in [7, 11) is 0. The molecule has 0 unspecified atom stereocenters. The second-order valence-corrected chi connectivity index (χ2v) is 6.41. The van der Waals surface area contributed by atoms with Gasteiger partial charge in [-0.3, -0.25) is 9.48 Å². The average Bonchev–Trinajstić information content (AvgIpc) is 2.94. The Balaban J connectivity index is 1.62. The van der Waals surface area contributed by atoms with Gasteiger partial charge in [-0.1, -0.05) is 41.9 Å². The van der Waals surface area contributed by atoms with Crippen LogP contribution < -0.4 is 5.43 Å². The molecule has 0 bridgehead atoms. The maximum Gasteiger partial charge on any atom is 0.271 e. The first-order valence-electron chi connectivity index (χ1n) is 8.21. The Kier molecular flexibility index (Phi) is 5.49. The van der Waals surface area contributed by atoms with Crippen molar-refractivity contribution in [1.82, 2.24) is 15.2 Å². The molecule has 0 radical (unpaired) electrons. The van der Waals surface area contributed by atoms with Gasteiger partial charge in [0.05, 0.1) is 18.5 Å². The van der Waals surface area contributed by atoms with Crippen LogP contribution in [0, 0.1) is 13.8 Å². The lowest BCUT2D eigenvalue weighted by Gasteiger charge is -2.06. The van der Waals surface area contributed by atoms with Crippen molar-refractivity contribution in [3.8, 4) is 0 Å². The number of benzene rings is 2. The molecule has 0 aliphatic rings. The summed E-state index contributed by atoms with van der Waals surface area (Å²) in [5.41, 5.74) is 6.98. The van der Waals surface area contributed by atoms with Gasteiger partial charge in [-0.05, 0) is 43.7 Å². The van der Waals surface area contributed by atoms with E-state index in [9.17, 15) is 4.79 Å². The lowest BCUT2D eigenvalue weighted by molar-refractivity contribution is 0.0955. The van der Waals surface area contributed by atoms with Gasteiger partial charge in [0.15, 0.2) is 0 Å². The van der Waals surface area contributed by atoms with E-state index in [1.165, 1.54) is 6.21 Å². The monoisotopic (exact) mass is 366 g/mol. The molecule has 0 spiro atoms. The fourth-order valence-electron chi connectivity index (χ4n) is 2.57. The quantitative estimate of drug-likeness (QED) is 0.548. The molecule has 1 N–H and O–H groups in total. The van der Waals surface area contributed by atoms with Gasteiger partial charge < -0.3 is 0 Å². The molecule has 6 heteroatoms. The van der Waals surface area contributed by atoms with Crippen molar-refractivity contribution in [2.45, 2.75) is 20.4 Å². The third-order valence-electron chi connectivity index (χ3n) is 3.93. The minimum Gasteiger partial charge on any atom is -0.267 e. The Hall–Kier alpha value is -2.92. The van der Waals surface area contributed by atoms with Crippen molar-refractivity contribution in [3.05, 3.63) is 87.7 Å². The summed E-state index contributed by atoms with van der Waals surface area (Å²) in [5, 5.41) is 8.99. The Labute approximate surface area is 157 Å². The van der Waals surface area contributed by atoms with Gasteiger partial charge in [0, 0.05) is 21.8 Å². The van der Waals surface area contributed by atoms with Gasteiger partial charge in [-0.25, -0.2) is 5.43 Å². The Morgan fingerprint density at radius 2 is 1.92 bits per heavy atom. The fraction of sp³-hybridized carbons (Fsp3) is 0.150. The Morgan fingerprint density at radius 1 is 1.19 bits per heavy atom. The molecular formula is C20H19ClN4O. The van der Waals surface area contributed by atoms with Crippen molar-refractivity contribution < 1.29 is 4.79 Å². The molecule has 0 aliphatic heterocycles. The van der Waals surface area contributed by atoms with Crippen LogP contribution in [0.15, 0.2) is 59.7 Å². The number of hydrazone groups is 1. The van der Waals surface area contributed by atoms with Gasteiger partial charge in [-0.15, -0.1) is 0 Å². The summed E-state index contributed by atoms with van der Waals surface area (Å²) < 4.78 is 1.94. The topological polar surface area (TPSA) is 59.3 Å². The third kappa shape index (κ3) is 4.37. The molecule has 0 aliphatic carbocycles. The van der Waals surface area contributed by atoms with E-state index in [0.717, 1.165) is 22.5 Å². The number of nitrogens with one attached hydrogen (secondary N) is 1. The second kappa shape index (κ2) is 7.97. The zero-order valence-corrected chi connectivity index (χ0v) is 15.4. The summed E-state index contributed by atoms with van der Waals surface area (Å²) in [6, 6.07) is 16.7. The van der Waals surface area contributed by atoms with Crippen molar-refractivity contribution >= 4 is 23.7 Å². The van der Waals surface area contributed by atoms with Crippen LogP contribution in [0.25, 0.3) is 0 Å². The second-order valence-electron chi connectivity index (χ2n) is 6.00. The maximum atomic E-state index is 12.2. The van der Waals surface area contributed by atoms with Crippen LogP contribution in [0.1, 0.15) is 32.9 Å².